The summed E-state index contributed by atoms with van der Waals surface area (Å²) in [5.74, 6) is -1.64. The number of thiocarbonyl (C=S) groups is 1. The third-order valence-electron chi connectivity index (χ3n) is 4.11. The first-order valence-corrected chi connectivity index (χ1v) is 10.8. The summed E-state index contributed by atoms with van der Waals surface area (Å²) in [4.78, 5) is -0.124. The van der Waals surface area contributed by atoms with E-state index in [9.17, 15) is 17.2 Å². The van der Waals surface area contributed by atoms with Crippen LogP contribution in [-0.4, -0.2) is 13.5 Å². The van der Waals surface area contributed by atoms with Gasteiger partial charge < -0.3 is 10.6 Å². The maximum atomic E-state index is 13.7. The van der Waals surface area contributed by atoms with Gasteiger partial charge in [0.05, 0.1) is 10.6 Å². The van der Waals surface area contributed by atoms with E-state index in [0.717, 1.165) is 29.4 Å². The van der Waals surface area contributed by atoms with Crippen LogP contribution in [0.25, 0.3) is 0 Å². The van der Waals surface area contributed by atoms with Crippen molar-refractivity contribution < 1.29 is 17.2 Å². The van der Waals surface area contributed by atoms with Gasteiger partial charge in [-0.25, -0.2) is 17.2 Å². The third kappa shape index (κ3) is 5.24. The Kier molecular flexibility index (Phi) is 6.55. The molecule has 3 N–H and O–H groups in total. The van der Waals surface area contributed by atoms with Crippen LogP contribution in [0.3, 0.4) is 0 Å². The van der Waals surface area contributed by atoms with E-state index in [2.05, 4.69) is 10.6 Å². The molecule has 10 heteroatoms. The van der Waals surface area contributed by atoms with Crippen LogP contribution in [0, 0.1) is 18.6 Å². The Morgan fingerprint density at radius 1 is 0.967 bits per heavy atom. The summed E-state index contributed by atoms with van der Waals surface area (Å²) in [6.07, 6.45) is 0. The van der Waals surface area contributed by atoms with Crippen molar-refractivity contribution in [1.29, 1.82) is 0 Å². The van der Waals surface area contributed by atoms with Gasteiger partial charge in [0.25, 0.3) is 10.0 Å². The van der Waals surface area contributed by atoms with Crippen LogP contribution in [0.5, 0.6) is 0 Å². The van der Waals surface area contributed by atoms with E-state index in [1.807, 2.05) is 17.7 Å². The highest BCUT2D eigenvalue weighted by Crippen LogP contribution is 2.24. The number of halogens is 3. The molecular formula is C20H16ClF2N3O2S2. The lowest BCUT2D eigenvalue weighted by atomic mass is 10.2. The molecule has 0 fully saturated rings. The molecule has 5 nitrogen and oxygen atoms in total. The molecule has 0 saturated heterocycles. The van der Waals surface area contributed by atoms with Crippen molar-refractivity contribution in [3.63, 3.8) is 0 Å². The highest BCUT2D eigenvalue weighted by Gasteiger charge is 2.17. The van der Waals surface area contributed by atoms with E-state index in [0.29, 0.717) is 10.7 Å². The maximum Gasteiger partial charge on any atom is 0.261 e. The SMILES string of the molecule is Cc1c(Cl)cccc1NC(=S)Nc1ccc(S(=O)(=O)Nc2cc(F)ccc2F)cc1. The Morgan fingerprint density at radius 2 is 1.67 bits per heavy atom. The molecule has 0 radical (unpaired) electrons. The summed E-state index contributed by atoms with van der Waals surface area (Å²) < 4.78 is 53.9. The lowest BCUT2D eigenvalue weighted by molar-refractivity contribution is 0.594. The van der Waals surface area contributed by atoms with Gasteiger partial charge in [0.15, 0.2) is 5.11 Å². The van der Waals surface area contributed by atoms with Crippen molar-refractivity contribution in [2.45, 2.75) is 11.8 Å². The minimum atomic E-state index is -4.10. The summed E-state index contributed by atoms with van der Waals surface area (Å²) in [5, 5.41) is 6.84. The van der Waals surface area contributed by atoms with Gasteiger partial charge in [-0.1, -0.05) is 17.7 Å². The molecule has 0 bridgehead atoms. The molecule has 3 aromatic rings. The van der Waals surface area contributed by atoms with Crippen LogP contribution in [0.15, 0.2) is 65.6 Å². The Labute approximate surface area is 183 Å². The first-order valence-electron chi connectivity index (χ1n) is 8.57. The second-order valence-electron chi connectivity index (χ2n) is 6.25. The molecule has 3 rings (SSSR count). The predicted octanol–water partition coefficient (Wildman–Crippen LogP) is 5.54. The predicted molar refractivity (Wildman–Crippen MR) is 120 cm³/mol. The van der Waals surface area contributed by atoms with Crippen LogP contribution in [0.2, 0.25) is 5.02 Å². The van der Waals surface area contributed by atoms with Crippen LogP contribution < -0.4 is 15.4 Å². The molecule has 3 aromatic carbocycles. The maximum absolute atomic E-state index is 13.7. The highest BCUT2D eigenvalue weighted by molar-refractivity contribution is 7.92. The Hall–Kier alpha value is -2.75. The minimum Gasteiger partial charge on any atom is -0.332 e. The average Bonchev–Trinajstić information content (AvgIpc) is 2.68. The van der Waals surface area contributed by atoms with Crippen LogP contribution in [0.4, 0.5) is 25.8 Å². The van der Waals surface area contributed by atoms with Gasteiger partial charge in [-0.2, -0.15) is 0 Å². The molecule has 0 heterocycles. The second-order valence-corrected chi connectivity index (χ2v) is 8.74. The minimum absolute atomic E-state index is 0.124. The number of hydrogen-bond acceptors (Lipinski definition) is 3. The van der Waals surface area contributed by atoms with Crippen molar-refractivity contribution in [3.05, 3.63) is 82.9 Å². The molecule has 0 aliphatic rings. The number of hydrogen-bond donors (Lipinski definition) is 3. The largest absolute Gasteiger partial charge is 0.332 e. The Morgan fingerprint density at radius 3 is 2.37 bits per heavy atom. The Balaban J connectivity index is 1.70. The van der Waals surface area contributed by atoms with Crippen LogP contribution in [0.1, 0.15) is 5.56 Å². The normalized spacial score (nSPS) is 11.1. The van der Waals surface area contributed by atoms with Crippen molar-refractivity contribution in [2.24, 2.45) is 0 Å². The van der Waals surface area contributed by atoms with Gasteiger partial charge in [0.1, 0.15) is 11.6 Å². The highest BCUT2D eigenvalue weighted by atomic mass is 35.5. The molecule has 156 valence electrons. The fourth-order valence-corrected chi connectivity index (χ4v) is 3.98. The summed E-state index contributed by atoms with van der Waals surface area (Å²) in [6.45, 7) is 1.85. The van der Waals surface area contributed by atoms with E-state index in [4.69, 9.17) is 23.8 Å². The van der Waals surface area contributed by atoms with Crippen LogP contribution >= 0.6 is 23.8 Å². The molecule has 0 unspecified atom stereocenters. The fraction of sp³-hybridized carbons (Fsp3) is 0.0500. The van der Waals surface area contributed by atoms with Crippen LogP contribution in [-0.2, 0) is 10.0 Å². The smallest absolute Gasteiger partial charge is 0.261 e. The number of anilines is 3. The van der Waals surface area contributed by atoms with Crippen molar-refractivity contribution >= 4 is 56.0 Å². The Bertz CT molecular complexity index is 1200. The monoisotopic (exact) mass is 467 g/mol. The van der Waals surface area contributed by atoms with E-state index < -0.39 is 27.3 Å². The van der Waals surface area contributed by atoms with Gasteiger partial charge in [0, 0.05) is 22.5 Å². The second kappa shape index (κ2) is 8.95. The van der Waals surface area contributed by atoms with Gasteiger partial charge in [-0.05, 0) is 73.2 Å². The molecular weight excluding hydrogens is 452 g/mol. The molecule has 30 heavy (non-hydrogen) atoms. The van der Waals surface area contributed by atoms with Crippen molar-refractivity contribution in [1.82, 2.24) is 0 Å². The van der Waals surface area contributed by atoms with E-state index in [-0.39, 0.29) is 10.0 Å². The third-order valence-corrected chi connectivity index (χ3v) is 6.11. The molecule has 0 aliphatic carbocycles. The number of benzene rings is 3. The summed E-state index contributed by atoms with van der Waals surface area (Å²) in [5.41, 5.74) is 1.63. The molecule has 0 amide bonds. The molecule has 0 aromatic heterocycles. The summed E-state index contributed by atoms with van der Waals surface area (Å²) >= 11 is 11.4. The zero-order valence-electron chi connectivity index (χ0n) is 15.5. The summed E-state index contributed by atoms with van der Waals surface area (Å²) in [7, 11) is -4.10. The average molecular weight is 468 g/mol. The van der Waals surface area contributed by atoms with Gasteiger partial charge in [-0.3, -0.25) is 4.72 Å². The molecule has 0 atom stereocenters. The standard InChI is InChI=1S/C20H16ClF2N3O2S2/c1-12-16(21)3-2-4-18(12)25-20(29)24-14-6-8-15(9-7-14)30(27,28)26-19-11-13(22)5-10-17(19)23/h2-11,26H,1H3,(H2,24,25,29). The van der Waals surface area contributed by atoms with Gasteiger partial charge >= 0.3 is 0 Å². The van der Waals surface area contributed by atoms with Gasteiger partial charge in [0.2, 0.25) is 0 Å². The van der Waals surface area contributed by atoms with E-state index >= 15 is 0 Å². The molecule has 0 spiro atoms. The van der Waals surface area contributed by atoms with Crippen molar-refractivity contribution in [2.75, 3.05) is 15.4 Å². The number of nitrogens with one attached hydrogen (secondary N) is 3. The van der Waals surface area contributed by atoms with Gasteiger partial charge in [-0.15, -0.1) is 0 Å². The topological polar surface area (TPSA) is 70.2 Å². The zero-order valence-corrected chi connectivity index (χ0v) is 17.9. The van der Waals surface area contributed by atoms with Crippen molar-refractivity contribution in [3.8, 4) is 0 Å². The zero-order chi connectivity index (χ0) is 21.9. The quantitative estimate of drug-likeness (QED) is 0.430. The molecule has 0 aliphatic heterocycles. The molecule has 0 saturated carbocycles. The van der Waals surface area contributed by atoms with E-state index in [1.54, 1.807) is 12.1 Å². The number of rotatable bonds is 5. The first kappa shape index (κ1) is 21.9. The van der Waals surface area contributed by atoms with E-state index in [1.165, 1.54) is 24.3 Å². The lowest BCUT2D eigenvalue weighted by Crippen LogP contribution is -2.20. The summed E-state index contributed by atoms with van der Waals surface area (Å²) in [6, 6.07) is 13.5. The lowest BCUT2D eigenvalue weighted by Gasteiger charge is -2.14. The number of sulfonamides is 1. The first-order chi connectivity index (χ1) is 14.2. The fourth-order valence-electron chi connectivity index (χ4n) is 2.52.